The molecule has 9 heteroatoms. The second-order valence-electron chi connectivity index (χ2n) is 7.23. The number of methoxy groups -OCH3 is 1. The maximum Gasteiger partial charge on any atom is 0.257 e. The fraction of sp³-hybridized carbons (Fsp3) is 0.333. The predicted molar refractivity (Wildman–Crippen MR) is 112 cm³/mol. The summed E-state index contributed by atoms with van der Waals surface area (Å²) in [5, 5.41) is 12.3. The van der Waals surface area contributed by atoms with Gasteiger partial charge in [0.2, 0.25) is 0 Å². The molecule has 4 rings (SSSR count). The average molecular weight is 405 g/mol. The third kappa shape index (κ3) is 3.37. The summed E-state index contributed by atoms with van der Waals surface area (Å²) in [5.74, 6) is 1.57. The number of hydrogen-bond donors (Lipinski definition) is 2. The summed E-state index contributed by atoms with van der Waals surface area (Å²) in [6.45, 7) is 1.13. The lowest BCUT2D eigenvalue weighted by atomic mass is 10.1. The van der Waals surface area contributed by atoms with E-state index in [1.165, 1.54) is 6.20 Å². The molecule has 30 heavy (non-hydrogen) atoms. The molecule has 0 aromatic carbocycles. The van der Waals surface area contributed by atoms with Gasteiger partial charge in [-0.1, -0.05) is 0 Å². The second-order valence-corrected chi connectivity index (χ2v) is 7.23. The number of hydrogen-bond acceptors (Lipinski definition) is 8. The van der Waals surface area contributed by atoms with Crippen LogP contribution in [0, 0.1) is 11.3 Å². The zero-order valence-corrected chi connectivity index (χ0v) is 16.7. The maximum absolute atomic E-state index is 13.3. The molecule has 2 aromatic rings. The number of pyridine rings is 2. The van der Waals surface area contributed by atoms with E-state index in [1.54, 1.807) is 43.9 Å². The van der Waals surface area contributed by atoms with E-state index in [-0.39, 0.29) is 18.0 Å². The third-order valence-corrected chi connectivity index (χ3v) is 5.58. The normalized spacial score (nSPS) is 20.3. The largest absolute Gasteiger partial charge is 0.492 e. The highest BCUT2D eigenvalue weighted by atomic mass is 16.5. The van der Waals surface area contributed by atoms with Crippen LogP contribution in [0.3, 0.4) is 0 Å². The molecule has 0 radical (unpaired) electrons. The first-order chi connectivity index (χ1) is 14.7. The standard InChI is InChI=1S/C21H23N7O2/c1-30-18-14(11-23)6-9-26-20(18)28-15-4-5-16(28)13-27(12-15)21(29)17-3-2-8-24-19(17)25-10-7-22/h2-3,6-10,15-16H,4-5,12-13,22H2,1H3,(H,24,25)/b10-7-. The molecule has 2 fully saturated rings. The minimum atomic E-state index is -0.0710. The average Bonchev–Trinajstić information content (AvgIpc) is 3.05. The topological polar surface area (TPSA) is 120 Å². The maximum atomic E-state index is 13.3. The summed E-state index contributed by atoms with van der Waals surface area (Å²) in [4.78, 5) is 26.1. The number of nitrogens with zero attached hydrogens (tertiary/aromatic N) is 5. The Morgan fingerprint density at radius 3 is 2.73 bits per heavy atom. The quantitative estimate of drug-likeness (QED) is 0.771. The molecular weight excluding hydrogens is 382 g/mol. The molecule has 2 bridgehead atoms. The molecule has 9 nitrogen and oxygen atoms in total. The van der Waals surface area contributed by atoms with Gasteiger partial charge in [0.05, 0.1) is 18.2 Å². The van der Waals surface area contributed by atoms with Crippen LogP contribution in [-0.4, -0.2) is 53.1 Å². The summed E-state index contributed by atoms with van der Waals surface area (Å²) >= 11 is 0. The lowest BCUT2D eigenvalue weighted by Crippen LogP contribution is -2.56. The number of carbonyl (C=O) groups excluding carboxylic acids is 1. The summed E-state index contributed by atoms with van der Waals surface area (Å²) in [7, 11) is 1.55. The Morgan fingerprint density at radius 2 is 2.07 bits per heavy atom. The summed E-state index contributed by atoms with van der Waals surface area (Å²) < 4.78 is 5.50. The van der Waals surface area contributed by atoms with Gasteiger partial charge < -0.3 is 25.6 Å². The Bertz CT molecular complexity index is 1000. The van der Waals surface area contributed by atoms with Gasteiger partial charge in [0.15, 0.2) is 11.6 Å². The number of anilines is 2. The molecule has 4 heterocycles. The van der Waals surface area contributed by atoms with Crippen molar-refractivity contribution in [1.29, 1.82) is 5.26 Å². The van der Waals surface area contributed by atoms with Gasteiger partial charge >= 0.3 is 0 Å². The molecule has 2 aliphatic rings. The highest BCUT2D eigenvalue weighted by molar-refractivity contribution is 5.99. The Kier molecular flexibility index (Phi) is 5.39. The Balaban J connectivity index is 1.59. The molecule has 154 valence electrons. The molecule has 2 aliphatic heterocycles. The molecule has 3 N–H and O–H groups in total. The Labute approximate surface area is 174 Å². The molecule has 0 saturated carbocycles. The number of likely N-dealkylation sites (tertiary alicyclic amines) is 1. The number of fused-ring (bicyclic) bond motifs is 2. The fourth-order valence-electron chi connectivity index (χ4n) is 4.32. The van der Waals surface area contributed by atoms with E-state index in [4.69, 9.17) is 10.5 Å². The van der Waals surface area contributed by atoms with E-state index >= 15 is 0 Å². The number of nitrogens with two attached hydrogens (primary N) is 1. The lowest BCUT2D eigenvalue weighted by molar-refractivity contribution is 0.0718. The zero-order valence-electron chi connectivity index (χ0n) is 16.7. The van der Waals surface area contributed by atoms with Crippen LogP contribution in [0.15, 0.2) is 43.0 Å². The van der Waals surface area contributed by atoms with E-state index < -0.39 is 0 Å². The van der Waals surface area contributed by atoms with Crippen LogP contribution < -0.4 is 20.7 Å². The number of aromatic nitrogens is 2. The van der Waals surface area contributed by atoms with Gasteiger partial charge in [-0.2, -0.15) is 5.26 Å². The van der Waals surface area contributed by atoms with Crippen LogP contribution >= 0.6 is 0 Å². The van der Waals surface area contributed by atoms with Crippen molar-refractivity contribution < 1.29 is 9.53 Å². The number of carbonyl (C=O) groups is 1. The summed E-state index contributed by atoms with van der Waals surface area (Å²) in [5.41, 5.74) is 6.36. The van der Waals surface area contributed by atoms with E-state index in [0.29, 0.717) is 41.6 Å². The number of nitriles is 1. The lowest BCUT2D eigenvalue weighted by Gasteiger charge is -2.42. The molecule has 2 unspecified atom stereocenters. The van der Waals surface area contributed by atoms with Crippen molar-refractivity contribution in [3.63, 3.8) is 0 Å². The van der Waals surface area contributed by atoms with Crippen molar-refractivity contribution in [1.82, 2.24) is 14.9 Å². The third-order valence-electron chi connectivity index (χ3n) is 5.58. The Hall–Kier alpha value is -3.80. The molecular formula is C21H23N7O2. The molecule has 0 spiro atoms. The SMILES string of the molecule is COc1c(C#N)ccnc1N1C2CCC1CN(C(=O)c1cccnc1N/C=C\N)C2. The van der Waals surface area contributed by atoms with Gasteiger partial charge in [-0.25, -0.2) is 9.97 Å². The van der Waals surface area contributed by atoms with E-state index in [9.17, 15) is 10.1 Å². The van der Waals surface area contributed by atoms with Gasteiger partial charge in [0, 0.05) is 50.0 Å². The van der Waals surface area contributed by atoms with Crippen LogP contribution in [-0.2, 0) is 0 Å². The van der Waals surface area contributed by atoms with Gasteiger partial charge in [0.25, 0.3) is 5.91 Å². The van der Waals surface area contributed by atoms with Crippen LogP contribution in [0.5, 0.6) is 5.75 Å². The molecule has 0 aliphatic carbocycles. The second kappa shape index (κ2) is 8.29. The molecule has 2 saturated heterocycles. The van der Waals surface area contributed by atoms with E-state index in [1.807, 2.05) is 4.90 Å². The Morgan fingerprint density at radius 1 is 1.30 bits per heavy atom. The first-order valence-electron chi connectivity index (χ1n) is 9.77. The van der Waals surface area contributed by atoms with Gasteiger partial charge in [-0.15, -0.1) is 0 Å². The van der Waals surface area contributed by atoms with Crippen LogP contribution in [0.1, 0.15) is 28.8 Å². The number of amides is 1. The van der Waals surface area contributed by atoms with Gasteiger partial charge in [-0.05, 0) is 31.0 Å². The van der Waals surface area contributed by atoms with Crippen molar-refractivity contribution >= 4 is 17.5 Å². The predicted octanol–water partition coefficient (Wildman–Crippen LogP) is 1.69. The van der Waals surface area contributed by atoms with Crippen LogP contribution in [0.2, 0.25) is 0 Å². The van der Waals surface area contributed by atoms with Crippen LogP contribution in [0.25, 0.3) is 0 Å². The van der Waals surface area contributed by atoms with Crippen molar-refractivity contribution in [3.05, 3.63) is 54.1 Å². The first kappa shape index (κ1) is 19.5. The number of ether oxygens (including phenoxy) is 1. The number of piperazine rings is 1. The summed E-state index contributed by atoms with van der Waals surface area (Å²) in [6.07, 6.45) is 8.06. The monoisotopic (exact) mass is 405 g/mol. The highest BCUT2D eigenvalue weighted by Crippen LogP contribution is 2.40. The smallest absolute Gasteiger partial charge is 0.257 e. The van der Waals surface area contributed by atoms with Gasteiger partial charge in [0.1, 0.15) is 11.9 Å². The molecule has 1 amide bonds. The first-order valence-corrected chi connectivity index (χ1v) is 9.77. The number of rotatable bonds is 5. The highest BCUT2D eigenvalue weighted by Gasteiger charge is 2.43. The van der Waals surface area contributed by atoms with Gasteiger partial charge in [-0.3, -0.25) is 4.79 Å². The molecule has 2 atom stereocenters. The van der Waals surface area contributed by atoms with Crippen molar-refractivity contribution in [2.24, 2.45) is 5.73 Å². The van der Waals surface area contributed by atoms with Crippen LogP contribution in [0.4, 0.5) is 11.6 Å². The van der Waals surface area contributed by atoms with Crippen molar-refractivity contribution in [2.45, 2.75) is 24.9 Å². The van der Waals surface area contributed by atoms with E-state index in [0.717, 1.165) is 12.8 Å². The van der Waals surface area contributed by atoms with E-state index in [2.05, 4.69) is 26.3 Å². The zero-order chi connectivity index (χ0) is 21.1. The number of nitrogens with one attached hydrogen (secondary N) is 1. The van der Waals surface area contributed by atoms with Crippen molar-refractivity contribution in [3.8, 4) is 11.8 Å². The van der Waals surface area contributed by atoms with Crippen molar-refractivity contribution in [2.75, 3.05) is 30.4 Å². The fourth-order valence-corrected chi connectivity index (χ4v) is 4.32. The minimum Gasteiger partial charge on any atom is -0.492 e. The minimum absolute atomic E-state index is 0.0710. The molecule has 2 aromatic heterocycles. The summed E-state index contributed by atoms with van der Waals surface area (Å²) in [6, 6.07) is 7.54.